The Morgan fingerprint density at radius 2 is 1.88 bits per heavy atom. The second-order valence-corrected chi connectivity index (χ2v) is 8.06. The van der Waals surface area contributed by atoms with Crippen LogP contribution in [0.3, 0.4) is 0 Å². The number of anilines is 1. The van der Waals surface area contributed by atoms with Crippen LogP contribution in [0.4, 0.5) is 10.5 Å². The third-order valence-electron chi connectivity index (χ3n) is 5.79. The van der Waals surface area contributed by atoms with Gasteiger partial charge in [0.05, 0.1) is 11.3 Å². The number of urea groups is 1. The number of amides is 3. The molecule has 7 heteroatoms. The number of hydrogen-bond donors (Lipinski definition) is 3. The van der Waals surface area contributed by atoms with E-state index in [1.54, 1.807) is 18.2 Å². The molecule has 3 N–H and O–H groups in total. The van der Waals surface area contributed by atoms with E-state index in [-0.39, 0.29) is 11.9 Å². The molecule has 2 heterocycles. The first-order valence-electron chi connectivity index (χ1n) is 9.50. The van der Waals surface area contributed by atoms with E-state index in [1.807, 2.05) is 4.90 Å². The van der Waals surface area contributed by atoms with Crippen molar-refractivity contribution in [3.63, 3.8) is 0 Å². The number of nitrogens with one attached hydrogen (secondary N) is 3. The van der Waals surface area contributed by atoms with Crippen LogP contribution in [0, 0.1) is 0 Å². The number of carbonyl (C=O) groups excluding carboxylic acids is 2. The van der Waals surface area contributed by atoms with Crippen LogP contribution in [-0.4, -0.2) is 41.6 Å². The summed E-state index contributed by atoms with van der Waals surface area (Å²) < 4.78 is 0. The molecule has 0 aromatic heterocycles. The van der Waals surface area contributed by atoms with Crippen LogP contribution in [0.5, 0.6) is 0 Å². The molecule has 3 amide bonds. The van der Waals surface area contributed by atoms with Gasteiger partial charge in [0, 0.05) is 37.0 Å². The second kappa shape index (κ2) is 6.99. The first kappa shape index (κ1) is 17.5. The molecule has 1 saturated heterocycles. The second-order valence-electron chi connectivity index (χ2n) is 7.62. The molecule has 0 atom stereocenters. The predicted molar refractivity (Wildman–Crippen MR) is 101 cm³/mol. The average molecular weight is 377 g/mol. The Bertz CT molecular complexity index is 709. The number of fused-ring (bicyclic) bond motifs is 1. The Labute approximate surface area is 158 Å². The minimum atomic E-state index is -0.504. The maximum Gasteiger partial charge on any atom is 0.317 e. The largest absolute Gasteiger partial charge is 0.362 e. The van der Waals surface area contributed by atoms with Crippen LogP contribution < -0.4 is 16.0 Å². The van der Waals surface area contributed by atoms with Crippen LogP contribution in [0.2, 0.25) is 5.02 Å². The van der Waals surface area contributed by atoms with Gasteiger partial charge in [0.2, 0.25) is 0 Å². The van der Waals surface area contributed by atoms with E-state index < -0.39 is 5.66 Å². The lowest BCUT2D eigenvalue weighted by Gasteiger charge is -2.46. The Kier molecular flexibility index (Phi) is 4.69. The Morgan fingerprint density at radius 1 is 1.15 bits per heavy atom. The molecule has 1 aromatic rings. The standard InChI is InChI=1S/C19H25ClN4O2/c20-13-6-7-15-16(12-13)22-19(23-17(15)25)8-10-24(11-9-19)18(26)21-14-4-2-1-3-5-14/h6-7,12,14,22H,1-5,8-11H2,(H,21,26)(H,23,25). The number of carbonyl (C=O) groups is 2. The van der Waals surface area contributed by atoms with E-state index in [4.69, 9.17) is 11.6 Å². The number of rotatable bonds is 1. The van der Waals surface area contributed by atoms with Gasteiger partial charge in [0.1, 0.15) is 5.66 Å². The predicted octanol–water partition coefficient (Wildman–Crippen LogP) is 3.33. The van der Waals surface area contributed by atoms with Crippen molar-refractivity contribution in [1.82, 2.24) is 15.5 Å². The van der Waals surface area contributed by atoms with Gasteiger partial charge >= 0.3 is 6.03 Å². The highest BCUT2D eigenvalue weighted by atomic mass is 35.5. The van der Waals surface area contributed by atoms with E-state index in [0.29, 0.717) is 42.6 Å². The van der Waals surface area contributed by atoms with Crippen LogP contribution in [0.1, 0.15) is 55.3 Å². The summed E-state index contributed by atoms with van der Waals surface area (Å²) in [5.74, 6) is -0.0875. The highest BCUT2D eigenvalue weighted by Crippen LogP contribution is 2.33. The summed E-state index contributed by atoms with van der Waals surface area (Å²) in [7, 11) is 0. The third-order valence-corrected chi connectivity index (χ3v) is 6.03. The summed E-state index contributed by atoms with van der Waals surface area (Å²) in [6.07, 6.45) is 7.18. The minimum absolute atomic E-state index is 0.0253. The van der Waals surface area contributed by atoms with Crippen molar-refractivity contribution in [2.24, 2.45) is 0 Å². The summed E-state index contributed by atoms with van der Waals surface area (Å²) in [5.41, 5.74) is 0.870. The topological polar surface area (TPSA) is 73.5 Å². The van der Waals surface area contributed by atoms with Gasteiger partial charge in [-0.2, -0.15) is 0 Å². The highest BCUT2D eigenvalue weighted by Gasteiger charge is 2.41. The number of piperidine rings is 1. The first-order chi connectivity index (χ1) is 12.5. The molecule has 1 spiro atoms. The smallest absolute Gasteiger partial charge is 0.317 e. The zero-order valence-corrected chi connectivity index (χ0v) is 15.6. The molecule has 0 bridgehead atoms. The Morgan fingerprint density at radius 3 is 2.62 bits per heavy atom. The number of likely N-dealkylation sites (tertiary alicyclic amines) is 1. The average Bonchev–Trinajstić information content (AvgIpc) is 2.62. The maximum atomic E-state index is 12.5. The zero-order valence-electron chi connectivity index (χ0n) is 14.8. The van der Waals surface area contributed by atoms with Gasteiger partial charge in [-0.05, 0) is 31.0 Å². The van der Waals surface area contributed by atoms with E-state index in [0.717, 1.165) is 18.5 Å². The molecule has 4 rings (SSSR count). The Hall–Kier alpha value is -1.95. The normalized spacial score (nSPS) is 22.3. The van der Waals surface area contributed by atoms with Crippen LogP contribution in [0.25, 0.3) is 0 Å². The molecule has 140 valence electrons. The molecule has 2 aliphatic heterocycles. The molecule has 0 unspecified atom stereocenters. The number of hydrogen-bond acceptors (Lipinski definition) is 3. The molecule has 6 nitrogen and oxygen atoms in total. The number of nitrogens with zero attached hydrogens (tertiary/aromatic N) is 1. The van der Waals surface area contributed by atoms with E-state index in [1.165, 1.54) is 19.3 Å². The molecule has 3 aliphatic rings. The van der Waals surface area contributed by atoms with Crippen LogP contribution in [-0.2, 0) is 0 Å². The van der Waals surface area contributed by atoms with Gasteiger partial charge < -0.3 is 20.9 Å². The van der Waals surface area contributed by atoms with Crippen molar-refractivity contribution in [3.8, 4) is 0 Å². The molecule has 1 saturated carbocycles. The molecule has 2 fully saturated rings. The fourth-order valence-corrected chi connectivity index (χ4v) is 4.42. The van der Waals surface area contributed by atoms with Crippen LogP contribution >= 0.6 is 11.6 Å². The molecule has 0 radical (unpaired) electrons. The minimum Gasteiger partial charge on any atom is -0.362 e. The van der Waals surface area contributed by atoms with Crippen molar-refractivity contribution in [1.29, 1.82) is 0 Å². The number of benzene rings is 1. The fourth-order valence-electron chi connectivity index (χ4n) is 4.25. The van der Waals surface area contributed by atoms with Gasteiger partial charge in [0.15, 0.2) is 0 Å². The third kappa shape index (κ3) is 3.47. The van der Waals surface area contributed by atoms with E-state index >= 15 is 0 Å². The molecule has 1 aliphatic carbocycles. The lowest BCUT2D eigenvalue weighted by molar-refractivity contribution is 0.0846. The summed E-state index contributed by atoms with van der Waals surface area (Å²) in [5, 5.41) is 10.3. The number of halogens is 1. The summed E-state index contributed by atoms with van der Waals surface area (Å²) in [6.45, 7) is 1.23. The van der Waals surface area contributed by atoms with Crippen molar-refractivity contribution in [2.45, 2.75) is 56.7 Å². The summed E-state index contributed by atoms with van der Waals surface area (Å²) in [6, 6.07) is 5.59. The first-order valence-corrected chi connectivity index (χ1v) is 9.88. The SMILES string of the molecule is O=C1NC2(CCN(C(=O)NC3CCCCC3)CC2)Nc2cc(Cl)ccc21. The zero-order chi connectivity index (χ0) is 18.1. The molecule has 1 aromatic carbocycles. The summed E-state index contributed by atoms with van der Waals surface area (Å²) in [4.78, 5) is 26.9. The van der Waals surface area contributed by atoms with E-state index in [2.05, 4.69) is 16.0 Å². The Balaban J connectivity index is 1.38. The summed E-state index contributed by atoms with van der Waals surface area (Å²) >= 11 is 6.08. The molecular weight excluding hydrogens is 352 g/mol. The monoisotopic (exact) mass is 376 g/mol. The van der Waals surface area contributed by atoms with Gasteiger partial charge in [-0.25, -0.2) is 4.79 Å². The van der Waals surface area contributed by atoms with Crippen molar-refractivity contribution >= 4 is 29.2 Å². The van der Waals surface area contributed by atoms with Gasteiger partial charge in [-0.1, -0.05) is 30.9 Å². The lowest BCUT2D eigenvalue weighted by atomic mass is 9.92. The van der Waals surface area contributed by atoms with Gasteiger partial charge in [-0.3, -0.25) is 4.79 Å². The van der Waals surface area contributed by atoms with Crippen molar-refractivity contribution in [2.75, 3.05) is 18.4 Å². The lowest BCUT2D eigenvalue weighted by Crippen LogP contribution is -2.63. The quantitative estimate of drug-likeness (QED) is 0.703. The maximum absolute atomic E-state index is 12.5. The van der Waals surface area contributed by atoms with Crippen molar-refractivity contribution in [3.05, 3.63) is 28.8 Å². The fraction of sp³-hybridized carbons (Fsp3) is 0.579. The van der Waals surface area contributed by atoms with Gasteiger partial charge in [-0.15, -0.1) is 0 Å². The highest BCUT2D eigenvalue weighted by molar-refractivity contribution is 6.31. The van der Waals surface area contributed by atoms with Crippen molar-refractivity contribution < 1.29 is 9.59 Å². The van der Waals surface area contributed by atoms with Crippen LogP contribution in [0.15, 0.2) is 18.2 Å². The molecule has 26 heavy (non-hydrogen) atoms. The van der Waals surface area contributed by atoms with Gasteiger partial charge in [0.25, 0.3) is 5.91 Å². The molecular formula is C19H25ClN4O2. The van der Waals surface area contributed by atoms with E-state index in [9.17, 15) is 9.59 Å².